The summed E-state index contributed by atoms with van der Waals surface area (Å²) >= 11 is 0. The number of hydrogen-bond donors (Lipinski definition) is 1. The van der Waals surface area contributed by atoms with Crippen molar-refractivity contribution in [1.29, 1.82) is 0 Å². The second-order valence-corrected chi connectivity index (χ2v) is 8.55. The highest BCUT2D eigenvalue weighted by molar-refractivity contribution is 7.91. The second-order valence-electron chi connectivity index (χ2n) is 6.69. The second kappa shape index (κ2) is 7.57. The van der Waals surface area contributed by atoms with Gasteiger partial charge in [-0.25, -0.2) is 17.9 Å². The molecule has 0 radical (unpaired) electrons. The maximum Gasteiger partial charge on any atom is 0.335 e. The van der Waals surface area contributed by atoms with E-state index in [4.69, 9.17) is 5.11 Å². The quantitative estimate of drug-likeness (QED) is 0.528. The van der Waals surface area contributed by atoms with Gasteiger partial charge < -0.3 is 5.11 Å². The molecule has 0 atom stereocenters. The minimum absolute atomic E-state index is 0.118. The van der Waals surface area contributed by atoms with Gasteiger partial charge in [0.1, 0.15) is 5.69 Å². The molecule has 1 aromatic heterocycles. The molecule has 0 bridgehead atoms. The van der Waals surface area contributed by atoms with E-state index in [1.165, 1.54) is 16.8 Å². The lowest BCUT2D eigenvalue weighted by Crippen LogP contribution is -2.06. The Labute approximate surface area is 173 Å². The van der Waals surface area contributed by atoms with Crippen molar-refractivity contribution in [2.45, 2.75) is 16.8 Å². The number of carboxylic acid groups (broad SMARTS) is 1. The van der Waals surface area contributed by atoms with Crippen molar-refractivity contribution in [3.05, 3.63) is 90.0 Å². The largest absolute Gasteiger partial charge is 0.478 e. The Balaban J connectivity index is 1.92. The topological polar surface area (TPSA) is 102 Å². The van der Waals surface area contributed by atoms with Crippen molar-refractivity contribution in [2.24, 2.45) is 0 Å². The molecule has 4 aromatic rings. The molecule has 0 aliphatic carbocycles. The van der Waals surface area contributed by atoms with Crippen LogP contribution in [0.15, 0.2) is 88.8 Å². The van der Waals surface area contributed by atoms with Gasteiger partial charge in [-0.15, -0.1) is 5.10 Å². The average molecular weight is 419 g/mol. The number of carboxylic acids is 1. The van der Waals surface area contributed by atoms with Gasteiger partial charge in [-0.3, -0.25) is 0 Å². The van der Waals surface area contributed by atoms with E-state index in [2.05, 4.69) is 10.3 Å². The first-order chi connectivity index (χ1) is 14.4. The molecule has 4 rings (SSSR count). The van der Waals surface area contributed by atoms with Crippen LogP contribution in [0.3, 0.4) is 0 Å². The van der Waals surface area contributed by atoms with E-state index in [-0.39, 0.29) is 15.5 Å². The van der Waals surface area contributed by atoms with Crippen LogP contribution in [0.5, 0.6) is 0 Å². The smallest absolute Gasteiger partial charge is 0.335 e. The number of aromatic nitrogens is 3. The van der Waals surface area contributed by atoms with Crippen molar-refractivity contribution < 1.29 is 18.3 Å². The lowest BCUT2D eigenvalue weighted by atomic mass is 10.1. The molecular weight excluding hydrogens is 402 g/mol. The minimum atomic E-state index is -3.93. The number of hydrogen-bond acceptors (Lipinski definition) is 5. The van der Waals surface area contributed by atoms with E-state index in [1.807, 2.05) is 13.0 Å². The van der Waals surface area contributed by atoms with Crippen molar-refractivity contribution in [3.8, 4) is 16.9 Å². The zero-order chi connectivity index (χ0) is 21.3. The van der Waals surface area contributed by atoms with E-state index in [1.54, 1.807) is 60.7 Å². The van der Waals surface area contributed by atoms with Crippen LogP contribution < -0.4 is 0 Å². The van der Waals surface area contributed by atoms with E-state index in [0.717, 1.165) is 5.56 Å². The summed E-state index contributed by atoms with van der Waals surface area (Å²) in [5.74, 6) is -1.05. The number of nitrogens with zero attached hydrogens (tertiary/aromatic N) is 3. The first kappa shape index (κ1) is 19.5. The lowest BCUT2D eigenvalue weighted by molar-refractivity contribution is 0.0697. The van der Waals surface area contributed by atoms with E-state index in [9.17, 15) is 13.2 Å². The van der Waals surface area contributed by atoms with Crippen LogP contribution in [0.4, 0.5) is 0 Å². The Hall–Kier alpha value is -3.78. The summed E-state index contributed by atoms with van der Waals surface area (Å²) in [6.45, 7) is 1.88. The summed E-state index contributed by atoms with van der Waals surface area (Å²) in [6.07, 6.45) is 0. The van der Waals surface area contributed by atoms with Crippen LogP contribution in [0.2, 0.25) is 0 Å². The maximum atomic E-state index is 13.3. The van der Waals surface area contributed by atoms with Gasteiger partial charge in [0.25, 0.3) is 0 Å². The monoisotopic (exact) mass is 419 g/mol. The normalized spacial score (nSPS) is 11.4. The Morgan fingerprint density at radius 3 is 2.13 bits per heavy atom. The fraction of sp³-hybridized carbons (Fsp3) is 0.0455. The predicted octanol–water partition coefficient (Wildman–Crippen LogP) is 3.77. The molecule has 3 aromatic carbocycles. The summed E-state index contributed by atoms with van der Waals surface area (Å²) in [4.78, 5) is 11.3. The van der Waals surface area contributed by atoms with Crippen LogP contribution >= 0.6 is 0 Å². The van der Waals surface area contributed by atoms with Crippen LogP contribution in [-0.4, -0.2) is 34.5 Å². The van der Waals surface area contributed by atoms with E-state index >= 15 is 0 Å². The fourth-order valence-corrected chi connectivity index (χ4v) is 4.37. The van der Waals surface area contributed by atoms with Crippen LogP contribution in [0.1, 0.15) is 15.9 Å². The molecule has 0 amide bonds. The summed E-state index contributed by atoms with van der Waals surface area (Å²) in [6, 6.07) is 21.5. The molecule has 0 aliphatic heterocycles. The maximum absolute atomic E-state index is 13.3. The zero-order valence-electron chi connectivity index (χ0n) is 15.9. The van der Waals surface area contributed by atoms with Crippen molar-refractivity contribution in [3.63, 3.8) is 0 Å². The molecule has 0 saturated heterocycles. The molecular formula is C22H17N3O4S. The Kier molecular flexibility index (Phi) is 4.93. The Bertz CT molecular complexity index is 1310. The Morgan fingerprint density at radius 1 is 0.900 bits per heavy atom. The number of benzene rings is 3. The number of carbonyl (C=O) groups is 1. The highest BCUT2D eigenvalue weighted by atomic mass is 32.2. The summed E-state index contributed by atoms with van der Waals surface area (Å²) < 4.78 is 28.1. The van der Waals surface area contributed by atoms with Crippen molar-refractivity contribution in [1.82, 2.24) is 15.0 Å². The summed E-state index contributed by atoms with van der Waals surface area (Å²) in [7, 11) is -3.93. The highest BCUT2D eigenvalue weighted by Gasteiger charge is 2.29. The molecule has 30 heavy (non-hydrogen) atoms. The van der Waals surface area contributed by atoms with Crippen LogP contribution in [-0.2, 0) is 9.84 Å². The molecule has 150 valence electrons. The van der Waals surface area contributed by atoms with Crippen molar-refractivity contribution in [2.75, 3.05) is 0 Å². The first-order valence-electron chi connectivity index (χ1n) is 9.04. The molecule has 7 nitrogen and oxygen atoms in total. The SMILES string of the molecule is Cc1ccc(S(=O)(=O)c2nnn(-c3ccc(C(=O)O)cc3)c2-c2ccccc2)cc1. The summed E-state index contributed by atoms with van der Waals surface area (Å²) in [5.41, 5.74) is 2.48. The first-order valence-corrected chi connectivity index (χ1v) is 10.5. The van der Waals surface area contributed by atoms with E-state index in [0.29, 0.717) is 16.9 Å². The van der Waals surface area contributed by atoms with Gasteiger partial charge in [-0.1, -0.05) is 53.2 Å². The number of aromatic carboxylic acids is 1. The predicted molar refractivity (Wildman–Crippen MR) is 110 cm³/mol. The molecule has 1 heterocycles. The lowest BCUT2D eigenvalue weighted by Gasteiger charge is -2.09. The van der Waals surface area contributed by atoms with Gasteiger partial charge in [-0.2, -0.15) is 0 Å². The molecule has 1 N–H and O–H groups in total. The third kappa shape index (κ3) is 3.48. The zero-order valence-corrected chi connectivity index (χ0v) is 16.7. The molecule has 0 fully saturated rings. The molecule has 0 saturated carbocycles. The summed E-state index contributed by atoms with van der Waals surface area (Å²) in [5, 5.41) is 17.0. The fourth-order valence-electron chi connectivity index (χ4n) is 3.05. The molecule has 0 aliphatic rings. The van der Waals surface area contributed by atoms with E-state index < -0.39 is 15.8 Å². The van der Waals surface area contributed by atoms with Crippen LogP contribution in [0.25, 0.3) is 16.9 Å². The molecule has 0 spiro atoms. The average Bonchev–Trinajstić information content (AvgIpc) is 3.21. The van der Waals surface area contributed by atoms with Gasteiger partial charge in [0, 0.05) is 5.56 Å². The third-order valence-electron chi connectivity index (χ3n) is 4.63. The van der Waals surface area contributed by atoms with Crippen molar-refractivity contribution >= 4 is 15.8 Å². The number of rotatable bonds is 5. The number of sulfone groups is 1. The van der Waals surface area contributed by atoms with Gasteiger partial charge in [0.05, 0.1) is 16.1 Å². The number of aryl methyl sites for hydroxylation is 1. The Morgan fingerprint density at radius 2 is 1.53 bits per heavy atom. The van der Waals surface area contributed by atoms with Crippen LogP contribution in [0, 0.1) is 6.92 Å². The van der Waals surface area contributed by atoms with Gasteiger partial charge >= 0.3 is 5.97 Å². The standard InChI is InChI=1S/C22H17N3O4S/c1-15-7-13-19(14-8-15)30(28,29)21-20(16-5-3-2-4-6-16)25(24-23-21)18-11-9-17(10-12-18)22(26)27/h2-14H,1H3,(H,26,27). The highest BCUT2D eigenvalue weighted by Crippen LogP contribution is 2.31. The van der Waals surface area contributed by atoms with Gasteiger partial charge in [-0.05, 0) is 43.3 Å². The van der Waals surface area contributed by atoms with Gasteiger partial charge in [0.15, 0.2) is 0 Å². The minimum Gasteiger partial charge on any atom is -0.478 e. The molecule has 0 unspecified atom stereocenters. The van der Waals surface area contributed by atoms with Gasteiger partial charge in [0.2, 0.25) is 14.9 Å². The third-order valence-corrected chi connectivity index (χ3v) is 6.31. The molecule has 8 heteroatoms.